The zero-order chi connectivity index (χ0) is 19.8. The first-order chi connectivity index (χ1) is 12.9. The van der Waals surface area contributed by atoms with Crippen LogP contribution in [0.5, 0.6) is 11.5 Å². The first-order valence-corrected chi connectivity index (χ1v) is 8.82. The Kier molecular flexibility index (Phi) is 7.23. The number of benzene rings is 2. The van der Waals surface area contributed by atoms with E-state index in [0.717, 1.165) is 17.5 Å². The fraction of sp³-hybridized carbons (Fsp3) is 0.333. The van der Waals surface area contributed by atoms with Crippen molar-refractivity contribution in [1.29, 1.82) is 0 Å². The first-order valence-electron chi connectivity index (χ1n) is 8.82. The number of hydrogen-bond donors (Lipinski definition) is 1. The average Bonchev–Trinajstić information content (AvgIpc) is 2.67. The van der Waals surface area contributed by atoms with Gasteiger partial charge in [-0.1, -0.05) is 36.8 Å². The average molecular weight is 371 g/mol. The fourth-order valence-electron chi connectivity index (χ4n) is 2.58. The van der Waals surface area contributed by atoms with E-state index < -0.39 is 5.97 Å². The molecule has 0 saturated heterocycles. The van der Waals surface area contributed by atoms with Crippen molar-refractivity contribution in [1.82, 2.24) is 4.90 Å². The Balaban J connectivity index is 1.98. The first kappa shape index (κ1) is 20.3. The van der Waals surface area contributed by atoms with Gasteiger partial charge in [0.05, 0.1) is 7.11 Å². The zero-order valence-corrected chi connectivity index (χ0v) is 15.9. The quantitative estimate of drug-likeness (QED) is 0.721. The second-order valence-electron chi connectivity index (χ2n) is 6.26. The van der Waals surface area contributed by atoms with Crippen molar-refractivity contribution < 1.29 is 24.2 Å². The van der Waals surface area contributed by atoms with E-state index in [1.165, 1.54) is 19.2 Å². The highest BCUT2D eigenvalue weighted by molar-refractivity contribution is 5.94. The molecule has 0 bridgehead atoms. The number of carbonyl (C=O) groups excluding carboxylic acids is 2. The highest BCUT2D eigenvalue weighted by atomic mass is 16.5. The largest absolute Gasteiger partial charge is 0.507 e. The van der Waals surface area contributed by atoms with Crippen LogP contribution in [0.15, 0.2) is 42.5 Å². The molecular weight excluding hydrogens is 346 g/mol. The number of carbonyl (C=O) groups is 2. The molecule has 1 amide bonds. The lowest BCUT2D eigenvalue weighted by atomic mass is 10.1. The lowest BCUT2D eigenvalue weighted by Crippen LogP contribution is -2.34. The molecule has 0 atom stereocenters. The summed E-state index contributed by atoms with van der Waals surface area (Å²) in [6.07, 6.45) is 0.796. The Morgan fingerprint density at radius 2 is 1.81 bits per heavy atom. The van der Waals surface area contributed by atoms with Crippen LogP contribution in [0.3, 0.4) is 0 Å². The van der Waals surface area contributed by atoms with Gasteiger partial charge in [-0.15, -0.1) is 0 Å². The molecule has 0 heterocycles. The van der Waals surface area contributed by atoms with Crippen LogP contribution in [-0.4, -0.2) is 42.1 Å². The minimum absolute atomic E-state index is 0.0100. The maximum absolute atomic E-state index is 12.5. The van der Waals surface area contributed by atoms with Crippen LogP contribution in [0.25, 0.3) is 0 Å². The lowest BCUT2D eigenvalue weighted by Gasteiger charge is -2.22. The standard InChI is InChI=1S/C21H25NO5/c1-4-11-22(13-16-7-5-15(2)6-8-16)20(24)14-27-21(25)18-10-9-17(26-3)12-19(18)23/h5-10,12,23H,4,11,13-14H2,1-3H3. The molecule has 0 aromatic heterocycles. The monoisotopic (exact) mass is 371 g/mol. The fourth-order valence-corrected chi connectivity index (χ4v) is 2.58. The number of phenols is 1. The molecule has 0 fully saturated rings. The summed E-state index contributed by atoms with van der Waals surface area (Å²) in [5.74, 6) is -0.863. The number of aryl methyl sites for hydroxylation is 1. The van der Waals surface area contributed by atoms with Crippen LogP contribution in [0.1, 0.15) is 34.8 Å². The van der Waals surface area contributed by atoms with Crippen LogP contribution >= 0.6 is 0 Å². The third kappa shape index (κ3) is 5.74. The Hall–Kier alpha value is -3.02. The predicted molar refractivity (Wildman–Crippen MR) is 102 cm³/mol. The van der Waals surface area contributed by atoms with Gasteiger partial charge in [0.15, 0.2) is 6.61 Å². The molecule has 0 aliphatic carbocycles. The Morgan fingerprint density at radius 3 is 2.41 bits per heavy atom. The molecule has 144 valence electrons. The number of phenolic OH excluding ortho intramolecular Hbond substituents is 1. The zero-order valence-electron chi connectivity index (χ0n) is 15.9. The molecule has 2 aromatic carbocycles. The normalized spacial score (nSPS) is 10.3. The number of nitrogens with zero attached hydrogens (tertiary/aromatic N) is 1. The van der Waals surface area contributed by atoms with E-state index in [1.807, 2.05) is 38.1 Å². The van der Waals surface area contributed by atoms with Crippen molar-refractivity contribution in [2.45, 2.75) is 26.8 Å². The van der Waals surface area contributed by atoms with E-state index in [1.54, 1.807) is 11.0 Å². The summed E-state index contributed by atoms with van der Waals surface area (Å²) in [5.41, 5.74) is 2.16. The molecule has 0 radical (unpaired) electrons. The van der Waals surface area contributed by atoms with Crippen molar-refractivity contribution in [3.8, 4) is 11.5 Å². The van der Waals surface area contributed by atoms with Gasteiger partial charge in [-0.3, -0.25) is 4.79 Å². The summed E-state index contributed by atoms with van der Waals surface area (Å²) in [6.45, 7) is 4.64. The summed E-state index contributed by atoms with van der Waals surface area (Å²) >= 11 is 0. The maximum atomic E-state index is 12.5. The smallest absolute Gasteiger partial charge is 0.342 e. The topological polar surface area (TPSA) is 76.1 Å². The van der Waals surface area contributed by atoms with Crippen molar-refractivity contribution >= 4 is 11.9 Å². The summed E-state index contributed by atoms with van der Waals surface area (Å²) in [5, 5.41) is 9.89. The molecule has 0 unspecified atom stereocenters. The minimum atomic E-state index is -0.754. The van der Waals surface area contributed by atoms with Gasteiger partial charge < -0.3 is 19.5 Å². The number of rotatable bonds is 8. The SMILES string of the molecule is CCCN(Cc1ccc(C)cc1)C(=O)COC(=O)c1ccc(OC)cc1O. The van der Waals surface area contributed by atoms with Gasteiger partial charge >= 0.3 is 5.97 Å². The summed E-state index contributed by atoms with van der Waals surface area (Å²) in [6, 6.07) is 12.2. The molecule has 27 heavy (non-hydrogen) atoms. The molecule has 1 N–H and O–H groups in total. The van der Waals surface area contributed by atoms with Gasteiger partial charge in [-0.2, -0.15) is 0 Å². The molecule has 6 nitrogen and oxygen atoms in total. The number of amides is 1. The molecule has 2 rings (SSSR count). The Labute approximate surface area is 159 Å². The minimum Gasteiger partial charge on any atom is -0.507 e. The Morgan fingerprint density at radius 1 is 1.11 bits per heavy atom. The number of esters is 1. The van der Waals surface area contributed by atoms with Gasteiger partial charge in [-0.05, 0) is 31.0 Å². The highest BCUT2D eigenvalue weighted by Crippen LogP contribution is 2.24. The van der Waals surface area contributed by atoms with E-state index >= 15 is 0 Å². The van der Waals surface area contributed by atoms with E-state index in [0.29, 0.717) is 18.8 Å². The molecule has 6 heteroatoms. The third-order valence-corrected chi connectivity index (χ3v) is 4.09. The van der Waals surface area contributed by atoms with E-state index in [-0.39, 0.29) is 23.8 Å². The van der Waals surface area contributed by atoms with E-state index in [9.17, 15) is 14.7 Å². The van der Waals surface area contributed by atoms with Gasteiger partial charge in [0, 0.05) is 19.2 Å². The van der Waals surface area contributed by atoms with Crippen molar-refractivity contribution in [2.24, 2.45) is 0 Å². The summed E-state index contributed by atoms with van der Waals surface area (Å²) in [7, 11) is 1.46. The summed E-state index contributed by atoms with van der Waals surface area (Å²) < 4.78 is 10.1. The molecule has 2 aromatic rings. The maximum Gasteiger partial charge on any atom is 0.342 e. The molecule has 0 spiro atoms. The van der Waals surface area contributed by atoms with Crippen LogP contribution in [0.4, 0.5) is 0 Å². The van der Waals surface area contributed by atoms with Gasteiger partial charge in [-0.25, -0.2) is 4.79 Å². The van der Waals surface area contributed by atoms with Gasteiger partial charge in [0.2, 0.25) is 0 Å². The molecule has 0 saturated carbocycles. The van der Waals surface area contributed by atoms with E-state index in [4.69, 9.17) is 9.47 Å². The predicted octanol–water partition coefficient (Wildman–Crippen LogP) is 3.30. The highest BCUT2D eigenvalue weighted by Gasteiger charge is 2.18. The van der Waals surface area contributed by atoms with Crippen molar-refractivity contribution in [3.05, 3.63) is 59.2 Å². The molecule has 0 aliphatic heterocycles. The number of hydrogen-bond acceptors (Lipinski definition) is 5. The third-order valence-electron chi connectivity index (χ3n) is 4.09. The van der Waals surface area contributed by atoms with Crippen LogP contribution in [-0.2, 0) is 16.1 Å². The molecular formula is C21H25NO5. The van der Waals surface area contributed by atoms with Crippen LogP contribution in [0.2, 0.25) is 0 Å². The number of ether oxygens (including phenoxy) is 2. The summed E-state index contributed by atoms with van der Waals surface area (Å²) in [4.78, 5) is 26.3. The lowest BCUT2D eigenvalue weighted by molar-refractivity contribution is -0.135. The van der Waals surface area contributed by atoms with Gasteiger partial charge in [0.1, 0.15) is 17.1 Å². The number of aromatic hydroxyl groups is 1. The van der Waals surface area contributed by atoms with Crippen LogP contribution in [0, 0.1) is 6.92 Å². The second-order valence-corrected chi connectivity index (χ2v) is 6.26. The van der Waals surface area contributed by atoms with Crippen LogP contribution < -0.4 is 4.74 Å². The van der Waals surface area contributed by atoms with Gasteiger partial charge in [0.25, 0.3) is 5.91 Å². The second kappa shape index (κ2) is 9.62. The van der Waals surface area contributed by atoms with Crippen molar-refractivity contribution in [3.63, 3.8) is 0 Å². The van der Waals surface area contributed by atoms with E-state index in [2.05, 4.69) is 0 Å². The molecule has 0 aliphatic rings. The van der Waals surface area contributed by atoms with Crippen molar-refractivity contribution in [2.75, 3.05) is 20.3 Å². The Bertz CT molecular complexity index is 786. The number of methoxy groups -OCH3 is 1.